The Bertz CT molecular complexity index is 980. The number of nitrogens with zero attached hydrogens (tertiary/aromatic N) is 2. The molecule has 1 aromatic rings. The van der Waals surface area contributed by atoms with Crippen molar-refractivity contribution in [2.75, 3.05) is 43.5 Å². The van der Waals surface area contributed by atoms with Gasteiger partial charge < -0.3 is 19.3 Å². The fourth-order valence-corrected chi connectivity index (χ4v) is 6.68. The van der Waals surface area contributed by atoms with E-state index in [2.05, 4.69) is 15.9 Å². The summed E-state index contributed by atoms with van der Waals surface area (Å²) in [6, 6.07) is 3.40. The van der Waals surface area contributed by atoms with E-state index in [9.17, 15) is 18.0 Å². The maximum absolute atomic E-state index is 13.2. The van der Waals surface area contributed by atoms with Gasteiger partial charge in [-0.1, -0.05) is 22.9 Å². The van der Waals surface area contributed by atoms with Crippen molar-refractivity contribution in [2.24, 2.45) is 0 Å². The average molecular weight is 515 g/mol. The summed E-state index contributed by atoms with van der Waals surface area (Å²) in [6.07, 6.45) is 2.01. The summed E-state index contributed by atoms with van der Waals surface area (Å²) in [7, 11) is -3.76. The zero-order valence-electron chi connectivity index (χ0n) is 17.6. The third-order valence-corrected chi connectivity index (χ3v) is 8.39. The molecule has 4 rings (SSSR count). The summed E-state index contributed by atoms with van der Waals surface area (Å²) < 4.78 is 38.5. The lowest BCUT2D eigenvalue weighted by atomic mass is 10.0. The molecule has 2 fully saturated rings. The molecule has 0 saturated carbocycles. The Kier molecular flexibility index (Phi) is 6.44. The largest absolute Gasteiger partial charge is 0.347 e. The van der Waals surface area contributed by atoms with Crippen LogP contribution in [0.5, 0.6) is 0 Å². The fraction of sp³-hybridized carbons (Fsp3) is 0.619. The molecular formula is C21H27BrN2O6S. The number of benzene rings is 1. The molecule has 0 bridgehead atoms. The molecule has 1 aromatic carbocycles. The molecule has 3 heterocycles. The molecule has 0 N–H and O–H groups in total. The Hall–Kier alpha value is -1.49. The SMILES string of the molecule is CCC(=O)N1CCc2cc(Br)cc(S(=O)(=O)CCC(=O)N3CCC4(CC3)OCCO4)c21. The third kappa shape index (κ3) is 4.53. The van der Waals surface area contributed by atoms with Crippen LogP contribution in [0.25, 0.3) is 0 Å². The van der Waals surface area contributed by atoms with E-state index in [0.29, 0.717) is 68.7 Å². The predicted molar refractivity (Wildman–Crippen MR) is 118 cm³/mol. The van der Waals surface area contributed by atoms with Crippen molar-refractivity contribution in [3.05, 3.63) is 22.2 Å². The van der Waals surface area contributed by atoms with Crippen LogP contribution in [0.3, 0.4) is 0 Å². The van der Waals surface area contributed by atoms with E-state index >= 15 is 0 Å². The van der Waals surface area contributed by atoms with Gasteiger partial charge in [0.1, 0.15) is 0 Å². The van der Waals surface area contributed by atoms with E-state index in [1.165, 1.54) is 0 Å². The number of halogens is 1. The molecule has 10 heteroatoms. The van der Waals surface area contributed by atoms with Crippen molar-refractivity contribution in [3.8, 4) is 0 Å². The van der Waals surface area contributed by atoms with Gasteiger partial charge in [-0.3, -0.25) is 9.59 Å². The number of amides is 2. The number of carbonyl (C=O) groups excluding carboxylic acids is 2. The molecule has 0 aliphatic carbocycles. The second-order valence-corrected chi connectivity index (χ2v) is 11.1. The number of fused-ring (bicyclic) bond motifs is 1. The molecule has 0 atom stereocenters. The van der Waals surface area contributed by atoms with Gasteiger partial charge >= 0.3 is 0 Å². The molecule has 8 nitrogen and oxygen atoms in total. The minimum atomic E-state index is -3.76. The Morgan fingerprint density at radius 1 is 1.10 bits per heavy atom. The van der Waals surface area contributed by atoms with E-state index in [0.717, 1.165) is 5.56 Å². The number of carbonyl (C=O) groups is 2. The summed E-state index contributed by atoms with van der Waals surface area (Å²) in [5, 5.41) is 0. The molecule has 2 saturated heterocycles. The van der Waals surface area contributed by atoms with Gasteiger partial charge in [-0.25, -0.2) is 8.42 Å². The summed E-state index contributed by atoms with van der Waals surface area (Å²) in [4.78, 5) is 28.4. The first-order chi connectivity index (χ1) is 14.7. The molecule has 31 heavy (non-hydrogen) atoms. The highest BCUT2D eigenvalue weighted by molar-refractivity contribution is 9.10. The maximum Gasteiger partial charge on any atom is 0.226 e. The molecule has 2 amide bonds. The van der Waals surface area contributed by atoms with E-state index in [4.69, 9.17) is 9.47 Å². The topological polar surface area (TPSA) is 93.2 Å². The van der Waals surface area contributed by atoms with Crippen LogP contribution in [0.4, 0.5) is 5.69 Å². The molecule has 170 valence electrons. The number of ether oxygens (including phenoxy) is 2. The second-order valence-electron chi connectivity index (χ2n) is 8.12. The Morgan fingerprint density at radius 3 is 2.42 bits per heavy atom. The van der Waals surface area contributed by atoms with Crippen LogP contribution in [0.1, 0.15) is 38.2 Å². The number of hydrogen-bond acceptors (Lipinski definition) is 6. The maximum atomic E-state index is 13.2. The quantitative estimate of drug-likeness (QED) is 0.598. The molecule has 3 aliphatic rings. The van der Waals surface area contributed by atoms with Crippen LogP contribution in [-0.4, -0.2) is 69.5 Å². The first-order valence-corrected chi connectivity index (χ1v) is 13.1. The van der Waals surface area contributed by atoms with Gasteiger partial charge in [0.15, 0.2) is 15.6 Å². The monoisotopic (exact) mass is 514 g/mol. The van der Waals surface area contributed by atoms with Crippen LogP contribution >= 0.6 is 15.9 Å². The number of hydrogen-bond donors (Lipinski definition) is 0. The van der Waals surface area contributed by atoms with E-state index in [1.807, 2.05) is 6.07 Å². The van der Waals surface area contributed by atoms with Gasteiger partial charge in [0.25, 0.3) is 0 Å². The number of sulfone groups is 1. The highest BCUT2D eigenvalue weighted by atomic mass is 79.9. The van der Waals surface area contributed by atoms with Crippen LogP contribution in [-0.2, 0) is 35.3 Å². The summed E-state index contributed by atoms with van der Waals surface area (Å²) >= 11 is 3.39. The number of anilines is 1. The van der Waals surface area contributed by atoms with Crippen LogP contribution in [0.2, 0.25) is 0 Å². The van der Waals surface area contributed by atoms with Crippen molar-refractivity contribution in [1.82, 2.24) is 4.90 Å². The van der Waals surface area contributed by atoms with E-state index < -0.39 is 15.6 Å². The normalized spacial score (nSPS) is 20.3. The highest BCUT2D eigenvalue weighted by Gasteiger charge is 2.41. The van der Waals surface area contributed by atoms with Crippen molar-refractivity contribution < 1.29 is 27.5 Å². The minimum absolute atomic E-state index is 0.0972. The Balaban J connectivity index is 1.46. The van der Waals surface area contributed by atoms with E-state index in [-0.39, 0.29) is 28.9 Å². The predicted octanol–water partition coefficient (Wildman–Crippen LogP) is 2.28. The molecule has 1 spiro atoms. The first kappa shape index (κ1) is 22.7. The average Bonchev–Trinajstić information content (AvgIpc) is 3.38. The summed E-state index contributed by atoms with van der Waals surface area (Å²) in [6.45, 7) is 4.35. The summed E-state index contributed by atoms with van der Waals surface area (Å²) in [5.41, 5.74) is 1.30. The van der Waals surface area contributed by atoms with Gasteiger partial charge in [0.05, 0.1) is 29.5 Å². The molecule has 3 aliphatic heterocycles. The van der Waals surface area contributed by atoms with Crippen LogP contribution < -0.4 is 4.90 Å². The zero-order valence-corrected chi connectivity index (χ0v) is 20.0. The fourth-order valence-electron chi connectivity index (χ4n) is 4.52. The van der Waals surface area contributed by atoms with Gasteiger partial charge in [0, 0.05) is 49.8 Å². The van der Waals surface area contributed by atoms with Gasteiger partial charge in [-0.2, -0.15) is 0 Å². The van der Waals surface area contributed by atoms with Crippen molar-refractivity contribution in [2.45, 2.75) is 49.7 Å². The van der Waals surface area contributed by atoms with E-state index in [1.54, 1.807) is 22.8 Å². The Morgan fingerprint density at radius 2 is 1.77 bits per heavy atom. The number of rotatable bonds is 5. The van der Waals surface area contributed by atoms with Crippen molar-refractivity contribution in [3.63, 3.8) is 0 Å². The highest BCUT2D eigenvalue weighted by Crippen LogP contribution is 2.38. The second kappa shape index (κ2) is 8.80. The van der Waals surface area contributed by atoms with Crippen molar-refractivity contribution in [1.29, 1.82) is 0 Å². The molecular weight excluding hydrogens is 488 g/mol. The van der Waals surface area contributed by atoms with Gasteiger partial charge in [-0.05, 0) is 24.1 Å². The standard InChI is InChI=1S/C21H27BrN2O6S/c1-2-18(25)24-7-3-15-13-16(22)14-17(20(15)24)31(27,28)12-4-19(26)23-8-5-21(6-9-23)29-10-11-30-21/h13-14H,2-12H2,1H3. The number of likely N-dealkylation sites (tertiary alicyclic amines) is 1. The smallest absolute Gasteiger partial charge is 0.226 e. The van der Waals surface area contributed by atoms with Crippen LogP contribution in [0.15, 0.2) is 21.5 Å². The lowest BCUT2D eigenvalue weighted by Gasteiger charge is -2.37. The molecule has 0 aromatic heterocycles. The first-order valence-electron chi connectivity index (χ1n) is 10.7. The van der Waals surface area contributed by atoms with Crippen molar-refractivity contribution >= 4 is 43.3 Å². The lowest BCUT2D eigenvalue weighted by Crippen LogP contribution is -2.47. The minimum Gasteiger partial charge on any atom is -0.347 e. The third-order valence-electron chi connectivity index (χ3n) is 6.21. The Labute approximate surface area is 190 Å². The molecule has 0 unspecified atom stereocenters. The van der Waals surface area contributed by atoms with Crippen LogP contribution in [0, 0.1) is 0 Å². The zero-order chi connectivity index (χ0) is 22.2. The van der Waals surface area contributed by atoms with Gasteiger partial charge in [-0.15, -0.1) is 0 Å². The number of piperidine rings is 1. The summed E-state index contributed by atoms with van der Waals surface area (Å²) in [5.74, 6) is -1.16. The lowest BCUT2D eigenvalue weighted by molar-refractivity contribution is -0.187. The van der Waals surface area contributed by atoms with Gasteiger partial charge in [0.2, 0.25) is 11.8 Å². The molecule has 0 radical (unpaired) electrons.